The van der Waals surface area contributed by atoms with E-state index in [0.29, 0.717) is 25.6 Å². The standard InChI is InChI=1S/C27H28F3N3O4/c1-17-18(2)32-37-24(17)31-25(34)33-12-10-26(11-13-33)15-22(16-35-26)21-5-3-4-20(14-21)19-6-8-23(9-7-19)36-27(28,29)30/h3-9,14,22H,10-13,15-16H2,1-2H3,(H,31,34)/t22-/m0/s1. The number of likely N-dealkylation sites (tertiary alicyclic amines) is 1. The van der Waals surface area contributed by atoms with Crippen molar-refractivity contribution >= 4 is 11.9 Å². The predicted octanol–water partition coefficient (Wildman–Crippen LogP) is 6.43. The molecule has 1 atom stereocenters. The zero-order chi connectivity index (χ0) is 26.2. The number of piperidine rings is 1. The van der Waals surface area contributed by atoms with E-state index in [1.807, 2.05) is 26.0 Å². The number of ether oxygens (including phenoxy) is 2. The summed E-state index contributed by atoms with van der Waals surface area (Å²) in [5, 5.41) is 6.68. The molecule has 5 rings (SSSR count). The third-order valence-corrected chi connectivity index (χ3v) is 7.33. The van der Waals surface area contributed by atoms with Gasteiger partial charge < -0.3 is 18.9 Å². The SMILES string of the molecule is Cc1noc(NC(=O)N2CCC3(CC2)C[C@H](c2cccc(-c4ccc(OC(F)(F)F)cc4)c2)CO3)c1C. The van der Waals surface area contributed by atoms with Crippen molar-refractivity contribution in [2.24, 2.45) is 0 Å². The molecule has 2 aliphatic rings. The number of carbonyl (C=O) groups excluding carboxylic acids is 1. The van der Waals surface area contributed by atoms with Crippen LogP contribution in [0.25, 0.3) is 11.1 Å². The number of halogens is 3. The van der Waals surface area contributed by atoms with Crippen molar-refractivity contribution < 1.29 is 32.0 Å². The van der Waals surface area contributed by atoms with Crippen molar-refractivity contribution in [2.75, 3.05) is 25.0 Å². The monoisotopic (exact) mass is 515 g/mol. The topological polar surface area (TPSA) is 76.8 Å². The molecule has 1 N–H and O–H groups in total. The molecular weight excluding hydrogens is 487 g/mol. The minimum Gasteiger partial charge on any atom is -0.406 e. The van der Waals surface area contributed by atoms with Crippen LogP contribution in [0.3, 0.4) is 0 Å². The first-order chi connectivity index (χ1) is 17.6. The van der Waals surface area contributed by atoms with Crippen LogP contribution in [-0.2, 0) is 4.74 Å². The summed E-state index contributed by atoms with van der Waals surface area (Å²) in [6.45, 7) is 5.43. The van der Waals surface area contributed by atoms with Crippen molar-refractivity contribution in [1.82, 2.24) is 10.1 Å². The number of amides is 2. The number of aryl methyl sites for hydroxylation is 1. The molecule has 1 aromatic heterocycles. The molecule has 3 aromatic rings. The number of nitrogens with one attached hydrogen (secondary N) is 1. The van der Waals surface area contributed by atoms with Gasteiger partial charge in [-0.1, -0.05) is 41.6 Å². The molecule has 2 aromatic carbocycles. The van der Waals surface area contributed by atoms with E-state index in [2.05, 4.69) is 27.3 Å². The molecular formula is C27H28F3N3O4. The van der Waals surface area contributed by atoms with Gasteiger partial charge in [0, 0.05) is 24.6 Å². The Bertz CT molecular complexity index is 1260. The van der Waals surface area contributed by atoms with Gasteiger partial charge in [-0.05, 0) is 61.9 Å². The number of anilines is 1. The molecule has 0 saturated carbocycles. The number of hydrogen-bond acceptors (Lipinski definition) is 5. The van der Waals surface area contributed by atoms with E-state index in [1.54, 1.807) is 17.0 Å². The summed E-state index contributed by atoms with van der Waals surface area (Å²) in [6.07, 6.45) is -2.38. The Morgan fingerprint density at radius 2 is 1.84 bits per heavy atom. The Morgan fingerprint density at radius 3 is 2.49 bits per heavy atom. The molecule has 7 nitrogen and oxygen atoms in total. The zero-order valence-corrected chi connectivity index (χ0v) is 20.6. The molecule has 37 heavy (non-hydrogen) atoms. The van der Waals surface area contributed by atoms with Gasteiger partial charge in [0.1, 0.15) is 5.75 Å². The van der Waals surface area contributed by atoms with E-state index in [4.69, 9.17) is 9.26 Å². The lowest BCUT2D eigenvalue weighted by Crippen LogP contribution is -2.47. The zero-order valence-electron chi connectivity index (χ0n) is 20.6. The lowest BCUT2D eigenvalue weighted by atomic mass is 9.83. The summed E-state index contributed by atoms with van der Waals surface area (Å²) in [6, 6.07) is 13.7. The largest absolute Gasteiger partial charge is 0.573 e. The van der Waals surface area contributed by atoms with Gasteiger partial charge in [-0.3, -0.25) is 5.32 Å². The Labute approximate surface area is 212 Å². The number of urea groups is 1. The van der Waals surface area contributed by atoms with Gasteiger partial charge in [-0.2, -0.15) is 0 Å². The third-order valence-electron chi connectivity index (χ3n) is 7.33. The summed E-state index contributed by atoms with van der Waals surface area (Å²) in [7, 11) is 0. The smallest absolute Gasteiger partial charge is 0.406 e. The van der Waals surface area contributed by atoms with Crippen LogP contribution < -0.4 is 10.1 Å². The summed E-state index contributed by atoms with van der Waals surface area (Å²) >= 11 is 0. The average molecular weight is 516 g/mol. The Hall–Kier alpha value is -3.53. The van der Waals surface area contributed by atoms with Gasteiger partial charge in [0.15, 0.2) is 0 Å². The lowest BCUT2D eigenvalue weighted by Gasteiger charge is -2.38. The highest BCUT2D eigenvalue weighted by atomic mass is 19.4. The second-order valence-electron chi connectivity index (χ2n) is 9.73. The van der Waals surface area contributed by atoms with Gasteiger partial charge in [-0.25, -0.2) is 4.79 Å². The molecule has 2 amide bonds. The summed E-state index contributed by atoms with van der Waals surface area (Å²) in [5.74, 6) is 0.333. The first-order valence-electron chi connectivity index (χ1n) is 12.2. The van der Waals surface area contributed by atoms with Crippen LogP contribution in [0.2, 0.25) is 0 Å². The molecule has 1 spiro atoms. The fraction of sp³-hybridized carbons (Fsp3) is 0.407. The average Bonchev–Trinajstić information content (AvgIpc) is 3.42. The fourth-order valence-electron chi connectivity index (χ4n) is 5.05. The molecule has 10 heteroatoms. The van der Waals surface area contributed by atoms with E-state index in [0.717, 1.165) is 47.2 Å². The molecule has 0 radical (unpaired) electrons. The van der Waals surface area contributed by atoms with Gasteiger partial charge in [0.25, 0.3) is 0 Å². The minimum atomic E-state index is -4.71. The summed E-state index contributed by atoms with van der Waals surface area (Å²) in [5.41, 5.74) is 4.14. The number of alkyl halides is 3. The maximum atomic E-state index is 12.7. The molecule has 196 valence electrons. The first-order valence-corrected chi connectivity index (χ1v) is 12.2. The maximum Gasteiger partial charge on any atom is 0.573 e. The Balaban J connectivity index is 1.19. The second kappa shape index (κ2) is 9.74. The van der Waals surface area contributed by atoms with Gasteiger partial charge in [0.05, 0.1) is 17.9 Å². The van der Waals surface area contributed by atoms with Crippen molar-refractivity contribution in [3.8, 4) is 16.9 Å². The molecule has 0 unspecified atom stereocenters. The van der Waals surface area contributed by atoms with Gasteiger partial charge in [-0.15, -0.1) is 13.2 Å². The van der Waals surface area contributed by atoms with E-state index in [9.17, 15) is 18.0 Å². The molecule has 3 heterocycles. The minimum absolute atomic E-state index is 0.202. The first kappa shape index (κ1) is 25.1. The Morgan fingerprint density at radius 1 is 1.11 bits per heavy atom. The highest BCUT2D eigenvalue weighted by Crippen LogP contribution is 2.43. The van der Waals surface area contributed by atoms with E-state index in [1.165, 1.54) is 12.1 Å². The number of hydrogen-bond donors (Lipinski definition) is 1. The van der Waals surface area contributed by atoms with Gasteiger partial charge >= 0.3 is 12.4 Å². The summed E-state index contributed by atoms with van der Waals surface area (Å²) < 4.78 is 52.8. The molecule has 2 fully saturated rings. The van der Waals surface area contributed by atoms with Crippen LogP contribution in [0, 0.1) is 13.8 Å². The van der Waals surface area contributed by atoms with Crippen LogP contribution in [0.15, 0.2) is 53.1 Å². The third kappa shape index (κ3) is 5.58. The quantitative estimate of drug-likeness (QED) is 0.434. The van der Waals surface area contributed by atoms with Crippen molar-refractivity contribution in [3.05, 3.63) is 65.4 Å². The van der Waals surface area contributed by atoms with Crippen molar-refractivity contribution in [1.29, 1.82) is 0 Å². The van der Waals surface area contributed by atoms with Crippen molar-refractivity contribution in [3.63, 3.8) is 0 Å². The van der Waals surface area contributed by atoms with Crippen LogP contribution in [0.4, 0.5) is 23.8 Å². The second-order valence-corrected chi connectivity index (χ2v) is 9.73. The number of aromatic nitrogens is 1. The number of nitrogens with zero attached hydrogens (tertiary/aromatic N) is 2. The highest BCUT2D eigenvalue weighted by molar-refractivity contribution is 5.88. The summed E-state index contributed by atoms with van der Waals surface area (Å²) in [4.78, 5) is 14.5. The molecule has 0 aliphatic carbocycles. The highest BCUT2D eigenvalue weighted by Gasteiger charge is 2.44. The molecule has 2 saturated heterocycles. The lowest BCUT2D eigenvalue weighted by molar-refractivity contribution is -0.274. The van der Waals surface area contributed by atoms with Crippen molar-refractivity contribution in [2.45, 2.75) is 51.0 Å². The van der Waals surface area contributed by atoms with E-state index >= 15 is 0 Å². The fourth-order valence-corrected chi connectivity index (χ4v) is 5.05. The predicted molar refractivity (Wildman–Crippen MR) is 130 cm³/mol. The normalized spacial score (nSPS) is 19.3. The van der Waals surface area contributed by atoms with E-state index in [-0.39, 0.29) is 23.3 Å². The van der Waals surface area contributed by atoms with Crippen LogP contribution in [0.1, 0.15) is 42.0 Å². The van der Waals surface area contributed by atoms with Crippen LogP contribution >= 0.6 is 0 Å². The van der Waals surface area contributed by atoms with Crippen LogP contribution in [-0.4, -0.2) is 47.7 Å². The van der Waals surface area contributed by atoms with Gasteiger partial charge in [0.2, 0.25) is 5.88 Å². The molecule has 0 bridgehead atoms. The van der Waals surface area contributed by atoms with Crippen LogP contribution in [0.5, 0.6) is 5.75 Å². The molecule has 2 aliphatic heterocycles. The Kier molecular flexibility index (Phi) is 6.61. The number of carbonyl (C=O) groups is 1. The number of benzene rings is 2. The van der Waals surface area contributed by atoms with E-state index < -0.39 is 6.36 Å². The number of rotatable bonds is 4. The maximum absolute atomic E-state index is 12.7.